The Labute approximate surface area is 123 Å². The van der Waals surface area contributed by atoms with Crippen molar-refractivity contribution >= 4 is 23.8 Å². The lowest BCUT2D eigenvalue weighted by Crippen LogP contribution is -2.08. The molecule has 4 nitrogen and oxygen atoms in total. The molecule has 0 aliphatic carbocycles. The number of halogens is 3. The molecule has 0 saturated carbocycles. The summed E-state index contributed by atoms with van der Waals surface area (Å²) in [6.07, 6.45) is 2.34. The molecule has 116 valence electrons. The lowest BCUT2D eigenvalue weighted by molar-refractivity contribution is -0.131. The van der Waals surface area contributed by atoms with Crippen molar-refractivity contribution in [2.24, 2.45) is 0 Å². The fraction of sp³-hybridized carbons (Fsp3) is 0.308. The maximum Gasteiger partial charge on any atom is 0.441 e. The first-order valence-corrected chi connectivity index (χ1v) is 6.73. The Morgan fingerprint density at radius 2 is 2.10 bits per heavy atom. The van der Waals surface area contributed by atoms with Crippen molar-refractivity contribution in [1.29, 1.82) is 0 Å². The van der Waals surface area contributed by atoms with Crippen LogP contribution in [-0.4, -0.2) is 36.1 Å². The Balaban J connectivity index is 2.64. The van der Waals surface area contributed by atoms with Crippen LogP contribution >= 0.6 is 11.8 Å². The molecule has 1 aromatic rings. The van der Waals surface area contributed by atoms with E-state index in [1.54, 1.807) is 6.07 Å². The molecule has 0 bridgehead atoms. The number of hydrogen-bond donors (Lipinski definition) is 1. The number of hydrogen-bond acceptors (Lipinski definition) is 4. The third-order valence-corrected chi connectivity index (χ3v) is 2.91. The van der Waals surface area contributed by atoms with Gasteiger partial charge in [0, 0.05) is 11.8 Å². The van der Waals surface area contributed by atoms with Crippen LogP contribution in [-0.2, 0) is 4.79 Å². The van der Waals surface area contributed by atoms with Gasteiger partial charge in [0.05, 0.1) is 13.7 Å². The van der Waals surface area contributed by atoms with Gasteiger partial charge in [-0.1, -0.05) is 6.07 Å². The first kappa shape index (κ1) is 17.2. The van der Waals surface area contributed by atoms with E-state index >= 15 is 0 Å². The van der Waals surface area contributed by atoms with Crippen LogP contribution in [0.2, 0.25) is 0 Å². The number of rotatable bonds is 7. The molecule has 8 heteroatoms. The number of ether oxygens (including phenoxy) is 2. The minimum absolute atomic E-state index is 0.120. The minimum atomic E-state index is -4.28. The van der Waals surface area contributed by atoms with Gasteiger partial charge in [-0.3, -0.25) is 0 Å². The van der Waals surface area contributed by atoms with Gasteiger partial charge in [0.2, 0.25) is 0 Å². The lowest BCUT2D eigenvalue weighted by Gasteiger charge is -2.11. The first-order chi connectivity index (χ1) is 9.81. The van der Waals surface area contributed by atoms with Crippen molar-refractivity contribution in [2.75, 3.05) is 19.5 Å². The Hall–Kier alpha value is -1.83. The molecule has 0 unspecified atom stereocenters. The highest BCUT2D eigenvalue weighted by molar-refractivity contribution is 8.00. The van der Waals surface area contributed by atoms with E-state index in [1.807, 2.05) is 0 Å². The van der Waals surface area contributed by atoms with Gasteiger partial charge in [0.15, 0.2) is 11.5 Å². The van der Waals surface area contributed by atoms with Crippen molar-refractivity contribution in [3.8, 4) is 11.5 Å². The molecule has 0 amide bonds. The maximum atomic E-state index is 12.0. The molecule has 21 heavy (non-hydrogen) atoms. The Kier molecular flexibility index (Phi) is 6.41. The Morgan fingerprint density at radius 1 is 1.38 bits per heavy atom. The number of methoxy groups -OCH3 is 1. The average molecular weight is 322 g/mol. The van der Waals surface area contributed by atoms with Gasteiger partial charge in [0.1, 0.15) is 0 Å². The van der Waals surface area contributed by atoms with E-state index in [9.17, 15) is 18.0 Å². The molecule has 0 aliphatic heterocycles. The Bertz CT molecular complexity index is 515. The van der Waals surface area contributed by atoms with Crippen LogP contribution in [0.25, 0.3) is 6.08 Å². The molecule has 1 aromatic carbocycles. The summed E-state index contributed by atoms with van der Waals surface area (Å²) in [7, 11) is 1.39. The average Bonchev–Trinajstić information content (AvgIpc) is 2.40. The zero-order valence-corrected chi connectivity index (χ0v) is 11.8. The summed E-state index contributed by atoms with van der Waals surface area (Å²) in [6, 6.07) is 4.62. The van der Waals surface area contributed by atoms with Gasteiger partial charge < -0.3 is 14.6 Å². The highest BCUT2D eigenvalue weighted by atomic mass is 32.2. The van der Waals surface area contributed by atoms with Gasteiger partial charge >= 0.3 is 11.5 Å². The number of alkyl halides is 3. The highest BCUT2D eigenvalue weighted by Crippen LogP contribution is 2.31. The van der Waals surface area contributed by atoms with Gasteiger partial charge in [-0.2, -0.15) is 13.2 Å². The predicted molar refractivity (Wildman–Crippen MR) is 73.7 cm³/mol. The number of thioether (sulfide) groups is 1. The molecule has 0 fully saturated rings. The monoisotopic (exact) mass is 322 g/mol. The van der Waals surface area contributed by atoms with Crippen LogP contribution in [0.3, 0.4) is 0 Å². The predicted octanol–water partition coefficient (Wildman–Crippen LogP) is 3.42. The van der Waals surface area contributed by atoms with Crippen LogP contribution in [0.4, 0.5) is 13.2 Å². The summed E-state index contributed by atoms with van der Waals surface area (Å²) in [5, 5.41) is 8.53. The maximum absolute atomic E-state index is 12.0. The van der Waals surface area contributed by atoms with Gasteiger partial charge in [-0.15, -0.1) is 0 Å². The molecule has 0 aromatic heterocycles. The fourth-order valence-electron chi connectivity index (χ4n) is 1.38. The summed E-state index contributed by atoms with van der Waals surface area (Å²) >= 11 is -0.161. The third kappa shape index (κ3) is 6.94. The zero-order chi connectivity index (χ0) is 15.9. The molecule has 0 spiro atoms. The largest absolute Gasteiger partial charge is 0.493 e. The standard InChI is InChI=1S/C13H13F3O4S/c1-19-11-8-9(3-5-12(17)18)2-4-10(11)20-6-7-21-13(14,15)16/h2-5,8H,6-7H2,1H3,(H,17,18)/b5-3+. The van der Waals surface area contributed by atoms with E-state index in [-0.39, 0.29) is 24.1 Å². The minimum Gasteiger partial charge on any atom is -0.493 e. The van der Waals surface area contributed by atoms with Crippen molar-refractivity contribution in [1.82, 2.24) is 0 Å². The number of carboxylic acids is 1. The summed E-state index contributed by atoms with van der Waals surface area (Å²) in [5.74, 6) is -0.696. The molecule has 0 aliphatic rings. The second-order valence-corrected chi connectivity index (χ2v) is 4.88. The normalized spacial score (nSPS) is 11.6. The molecule has 0 radical (unpaired) electrons. The summed E-state index contributed by atoms with van der Waals surface area (Å²) in [4.78, 5) is 10.4. The SMILES string of the molecule is COc1cc(/C=C/C(=O)O)ccc1OCCSC(F)(F)F. The number of benzene rings is 1. The van der Waals surface area contributed by atoms with E-state index in [4.69, 9.17) is 14.6 Å². The molecule has 0 atom stereocenters. The van der Waals surface area contributed by atoms with E-state index in [0.29, 0.717) is 17.1 Å². The molecule has 1 rings (SSSR count). The quantitative estimate of drug-likeness (QED) is 0.616. The molecular formula is C13H13F3O4S. The molecule has 0 saturated heterocycles. The third-order valence-electron chi connectivity index (χ3n) is 2.21. The number of aliphatic carboxylic acids is 1. The number of carbonyl (C=O) groups is 1. The van der Waals surface area contributed by atoms with Crippen LogP contribution in [0.5, 0.6) is 11.5 Å². The number of carboxylic acid groups (broad SMARTS) is 1. The van der Waals surface area contributed by atoms with Crippen LogP contribution in [0.15, 0.2) is 24.3 Å². The van der Waals surface area contributed by atoms with E-state index in [0.717, 1.165) is 6.08 Å². The van der Waals surface area contributed by atoms with Crippen molar-refractivity contribution < 1.29 is 32.5 Å². The van der Waals surface area contributed by atoms with Gasteiger partial charge in [-0.05, 0) is 35.5 Å². The van der Waals surface area contributed by atoms with E-state index < -0.39 is 11.5 Å². The lowest BCUT2D eigenvalue weighted by atomic mass is 10.2. The smallest absolute Gasteiger partial charge is 0.441 e. The summed E-state index contributed by atoms with van der Waals surface area (Å²) in [5.41, 5.74) is -3.70. The second kappa shape index (κ2) is 7.82. The molecule has 0 heterocycles. The zero-order valence-electron chi connectivity index (χ0n) is 11.0. The Morgan fingerprint density at radius 3 is 2.67 bits per heavy atom. The van der Waals surface area contributed by atoms with Crippen LogP contribution in [0, 0.1) is 0 Å². The van der Waals surface area contributed by atoms with Crippen LogP contribution in [0.1, 0.15) is 5.56 Å². The second-order valence-electron chi connectivity index (χ2n) is 3.72. The topological polar surface area (TPSA) is 55.8 Å². The van der Waals surface area contributed by atoms with E-state index in [1.165, 1.54) is 25.3 Å². The summed E-state index contributed by atoms with van der Waals surface area (Å²) < 4.78 is 46.1. The van der Waals surface area contributed by atoms with Crippen molar-refractivity contribution in [3.63, 3.8) is 0 Å². The first-order valence-electron chi connectivity index (χ1n) is 5.74. The summed E-state index contributed by atoms with van der Waals surface area (Å²) in [6.45, 7) is -0.120. The van der Waals surface area contributed by atoms with Crippen molar-refractivity contribution in [2.45, 2.75) is 5.51 Å². The fourth-order valence-corrected chi connectivity index (χ4v) is 1.78. The van der Waals surface area contributed by atoms with E-state index in [2.05, 4.69) is 0 Å². The van der Waals surface area contributed by atoms with Crippen LogP contribution < -0.4 is 9.47 Å². The highest BCUT2D eigenvalue weighted by Gasteiger charge is 2.27. The van der Waals surface area contributed by atoms with Gasteiger partial charge in [-0.25, -0.2) is 4.79 Å². The molecular weight excluding hydrogens is 309 g/mol. The molecule has 1 N–H and O–H groups in total. The van der Waals surface area contributed by atoms with Crippen molar-refractivity contribution in [3.05, 3.63) is 29.8 Å². The van der Waals surface area contributed by atoms with Gasteiger partial charge in [0.25, 0.3) is 0 Å².